The lowest BCUT2D eigenvalue weighted by atomic mass is 10.0. The number of aliphatic carboxylic acids is 1. The Balaban J connectivity index is 1.93. The van der Waals surface area contributed by atoms with Gasteiger partial charge in [-0.1, -0.05) is 19.0 Å². The standard InChI is InChI=1S/C14H23N3O5S/c1-10(2)6-12-7-13(22-16-12)8-15-23(20,21)17-5-3-4-11(9-17)14(18)19/h7,10-11,15H,3-6,8-9H2,1-2H3,(H,18,19)/t11-/m1/s1. The molecule has 2 rings (SSSR count). The lowest BCUT2D eigenvalue weighted by Gasteiger charge is -2.29. The first-order valence-electron chi connectivity index (χ1n) is 7.70. The molecule has 2 heterocycles. The smallest absolute Gasteiger partial charge is 0.307 e. The molecule has 0 unspecified atom stereocenters. The van der Waals surface area contributed by atoms with Gasteiger partial charge in [0.15, 0.2) is 5.76 Å². The monoisotopic (exact) mass is 345 g/mol. The summed E-state index contributed by atoms with van der Waals surface area (Å²) in [6.07, 6.45) is 1.81. The molecule has 1 saturated heterocycles. The van der Waals surface area contributed by atoms with Gasteiger partial charge >= 0.3 is 5.97 Å². The van der Waals surface area contributed by atoms with Crippen molar-refractivity contribution in [1.29, 1.82) is 0 Å². The molecule has 23 heavy (non-hydrogen) atoms. The molecule has 1 aliphatic heterocycles. The van der Waals surface area contributed by atoms with Crippen molar-refractivity contribution in [3.05, 3.63) is 17.5 Å². The normalized spacial score (nSPS) is 20.0. The molecule has 0 spiro atoms. The van der Waals surface area contributed by atoms with Crippen LogP contribution in [0.1, 0.15) is 38.1 Å². The molecule has 9 heteroatoms. The van der Waals surface area contributed by atoms with Crippen molar-refractivity contribution in [2.75, 3.05) is 13.1 Å². The van der Waals surface area contributed by atoms with E-state index in [1.165, 1.54) is 4.31 Å². The number of carbonyl (C=O) groups is 1. The van der Waals surface area contributed by atoms with Crippen LogP contribution in [0, 0.1) is 11.8 Å². The number of piperidine rings is 1. The molecule has 130 valence electrons. The molecule has 1 aliphatic rings. The van der Waals surface area contributed by atoms with E-state index >= 15 is 0 Å². The van der Waals surface area contributed by atoms with Crippen LogP contribution < -0.4 is 4.72 Å². The predicted octanol–water partition coefficient (Wildman–Crippen LogP) is 1.00. The van der Waals surface area contributed by atoms with Crippen LogP contribution in [0.15, 0.2) is 10.6 Å². The first-order valence-corrected chi connectivity index (χ1v) is 9.14. The Kier molecular flexibility index (Phi) is 5.77. The van der Waals surface area contributed by atoms with E-state index in [2.05, 4.69) is 23.7 Å². The fourth-order valence-corrected chi connectivity index (χ4v) is 3.82. The Labute approximate surface area is 136 Å². The maximum absolute atomic E-state index is 12.3. The summed E-state index contributed by atoms with van der Waals surface area (Å²) in [4.78, 5) is 11.0. The van der Waals surface area contributed by atoms with E-state index < -0.39 is 22.1 Å². The number of nitrogens with one attached hydrogen (secondary N) is 1. The molecule has 0 aromatic carbocycles. The van der Waals surface area contributed by atoms with Gasteiger partial charge in [0.05, 0.1) is 18.2 Å². The van der Waals surface area contributed by atoms with E-state index in [1.54, 1.807) is 6.07 Å². The molecular weight excluding hydrogens is 322 g/mol. The summed E-state index contributed by atoms with van der Waals surface area (Å²) in [6.45, 7) is 4.45. The van der Waals surface area contributed by atoms with Crippen LogP contribution >= 0.6 is 0 Å². The number of hydrogen-bond acceptors (Lipinski definition) is 5. The molecule has 2 N–H and O–H groups in total. The van der Waals surface area contributed by atoms with Gasteiger partial charge in [-0.2, -0.15) is 17.4 Å². The fraction of sp³-hybridized carbons (Fsp3) is 0.714. The van der Waals surface area contributed by atoms with Gasteiger partial charge in [0.1, 0.15) is 0 Å². The molecule has 0 amide bonds. The van der Waals surface area contributed by atoms with Crippen molar-refractivity contribution in [3.8, 4) is 0 Å². The molecular formula is C14H23N3O5S. The van der Waals surface area contributed by atoms with Crippen LogP contribution in [-0.2, 0) is 28.0 Å². The van der Waals surface area contributed by atoms with Crippen molar-refractivity contribution in [2.45, 2.75) is 39.7 Å². The Bertz CT molecular complexity index is 641. The molecule has 0 bridgehead atoms. The van der Waals surface area contributed by atoms with Gasteiger partial charge in [-0.05, 0) is 25.2 Å². The van der Waals surface area contributed by atoms with Crippen LogP contribution in [0.5, 0.6) is 0 Å². The van der Waals surface area contributed by atoms with Crippen molar-refractivity contribution >= 4 is 16.2 Å². The number of carboxylic acid groups (broad SMARTS) is 1. The van der Waals surface area contributed by atoms with Crippen molar-refractivity contribution in [1.82, 2.24) is 14.2 Å². The van der Waals surface area contributed by atoms with E-state index in [0.717, 1.165) is 12.1 Å². The van der Waals surface area contributed by atoms with Crippen molar-refractivity contribution < 1.29 is 22.8 Å². The maximum Gasteiger partial charge on any atom is 0.307 e. The summed E-state index contributed by atoms with van der Waals surface area (Å²) in [6, 6.07) is 1.73. The lowest BCUT2D eigenvalue weighted by molar-refractivity contribution is -0.142. The number of aromatic nitrogens is 1. The van der Waals surface area contributed by atoms with Crippen LogP contribution in [-0.4, -0.2) is 42.0 Å². The number of nitrogens with zero attached hydrogens (tertiary/aromatic N) is 2. The van der Waals surface area contributed by atoms with Crippen molar-refractivity contribution in [3.63, 3.8) is 0 Å². The summed E-state index contributed by atoms with van der Waals surface area (Å²) in [5, 5.41) is 12.9. The molecule has 1 fully saturated rings. The average molecular weight is 345 g/mol. The maximum atomic E-state index is 12.3. The zero-order chi connectivity index (χ0) is 17.0. The number of rotatable bonds is 7. The van der Waals surface area contributed by atoms with Gasteiger partial charge in [-0.25, -0.2) is 0 Å². The third-order valence-electron chi connectivity index (χ3n) is 3.73. The number of carboxylic acids is 1. The predicted molar refractivity (Wildman–Crippen MR) is 82.7 cm³/mol. The molecule has 0 aliphatic carbocycles. The van der Waals surface area contributed by atoms with Gasteiger partial charge in [0.2, 0.25) is 0 Å². The van der Waals surface area contributed by atoms with E-state index in [0.29, 0.717) is 31.1 Å². The molecule has 8 nitrogen and oxygen atoms in total. The third-order valence-corrected chi connectivity index (χ3v) is 5.25. The molecule has 1 atom stereocenters. The Morgan fingerprint density at radius 2 is 2.30 bits per heavy atom. The average Bonchev–Trinajstić information content (AvgIpc) is 2.92. The molecule has 0 radical (unpaired) electrons. The van der Waals surface area contributed by atoms with Gasteiger partial charge in [0, 0.05) is 19.2 Å². The minimum Gasteiger partial charge on any atom is -0.481 e. The highest BCUT2D eigenvalue weighted by Crippen LogP contribution is 2.19. The van der Waals surface area contributed by atoms with Crippen LogP contribution in [0.25, 0.3) is 0 Å². The van der Waals surface area contributed by atoms with E-state index in [9.17, 15) is 13.2 Å². The van der Waals surface area contributed by atoms with Gasteiger partial charge in [-0.15, -0.1) is 0 Å². The highest BCUT2D eigenvalue weighted by atomic mass is 32.2. The summed E-state index contributed by atoms with van der Waals surface area (Å²) in [7, 11) is -3.73. The first-order chi connectivity index (χ1) is 10.8. The number of hydrogen-bond donors (Lipinski definition) is 2. The van der Waals surface area contributed by atoms with Crippen LogP contribution in [0.4, 0.5) is 0 Å². The summed E-state index contributed by atoms with van der Waals surface area (Å²) >= 11 is 0. The summed E-state index contributed by atoms with van der Waals surface area (Å²) < 4.78 is 33.3. The van der Waals surface area contributed by atoms with Gasteiger partial charge < -0.3 is 9.63 Å². The zero-order valence-corrected chi connectivity index (χ0v) is 14.2. The van der Waals surface area contributed by atoms with E-state index in [-0.39, 0.29) is 13.1 Å². The minimum atomic E-state index is -3.73. The topological polar surface area (TPSA) is 113 Å². The Hall–Kier alpha value is -1.45. The largest absolute Gasteiger partial charge is 0.481 e. The summed E-state index contributed by atoms with van der Waals surface area (Å²) in [5.41, 5.74) is 0.790. The van der Waals surface area contributed by atoms with Crippen LogP contribution in [0.3, 0.4) is 0 Å². The second-order valence-corrected chi connectivity index (χ2v) is 8.00. The molecule has 1 aromatic rings. The molecule has 1 aromatic heterocycles. The first kappa shape index (κ1) is 17.9. The quantitative estimate of drug-likeness (QED) is 0.762. The minimum absolute atomic E-state index is 0.000327. The Morgan fingerprint density at radius 3 is 2.96 bits per heavy atom. The highest BCUT2D eigenvalue weighted by molar-refractivity contribution is 7.87. The second kappa shape index (κ2) is 7.41. The van der Waals surface area contributed by atoms with Crippen LogP contribution in [0.2, 0.25) is 0 Å². The van der Waals surface area contributed by atoms with Gasteiger partial charge in [0.25, 0.3) is 10.2 Å². The zero-order valence-electron chi connectivity index (χ0n) is 13.4. The SMILES string of the molecule is CC(C)Cc1cc(CNS(=O)(=O)N2CCC[C@@H](C(=O)O)C2)on1. The van der Waals surface area contributed by atoms with E-state index in [4.69, 9.17) is 9.63 Å². The Morgan fingerprint density at radius 1 is 1.57 bits per heavy atom. The van der Waals surface area contributed by atoms with Gasteiger partial charge in [-0.3, -0.25) is 4.79 Å². The highest BCUT2D eigenvalue weighted by Gasteiger charge is 2.32. The van der Waals surface area contributed by atoms with E-state index in [1.807, 2.05) is 0 Å². The molecule has 0 saturated carbocycles. The third kappa shape index (κ3) is 5.02. The lowest BCUT2D eigenvalue weighted by Crippen LogP contribution is -2.47. The summed E-state index contributed by atoms with van der Waals surface area (Å²) in [5.74, 6) is -0.733. The second-order valence-electron chi connectivity index (χ2n) is 6.24. The fourth-order valence-electron chi connectivity index (χ4n) is 2.57. The van der Waals surface area contributed by atoms with Crippen molar-refractivity contribution in [2.24, 2.45) is 11.8 Å².